The van der Waals surface area contributed by atoms with Gasteiger partial charge in [-0.05, 0) is 37.1 Å². The molecule has 1 aliphatic carbocycles. The number of carbonyl (C=O) groups is 2. The third-order valence-corrected chi connectivity index (χ3v) is 5.80. The van der Waals surface area contributed by atoms with E-state index in [0.29, 0.717) is 30.3 Å². The van der Waals surface area contributed by atoms with Gasteiger partial charge in [-0.3, -0.25) is 9.59 Å². The number of carbonyl (C=O) groups excluding carboxylic acids is 2. The van der Waals surface area contributed by atoms with Crippen LogP contribution in [0.4, 0.5) is 4.39 Å². The highest BCUT2D eigenvalue weighted by Gasteiger charge is 2.49. The Morgan fingerprint density at radius 1 is 0.935 bits per heavy atom. The molecule has 0 spiro atoms. The first kappa shape index (κ1) is 20.0. The average Bonchev–Trinajstić information content (AvgIpc) is 3.43. The van der Waals surface area contributed by atoms with Crippen molar-refractivity contribution in [1.82, 2.24) is 10.6 Å². The third-order valence-electron chi connectivity index (χ3n) is 5.80. The van der Waals surface area contributed by atoms with E-state index in [1.807, 2.05) is 0 Å². The molecule has 3 fully saturated rings. The Bertz CT molecular complexity index is 995. The summed E-state index contributed by atoms with van der Waals surface area (Å²) in [7, 11) is 0. The molecule has 2 N–H and O–H groups in total. The summed E-state index contributed by atoms with van der Waals surface area (Å²) in [6, 6.07) is 12.0. The Hall–Kier alpha value is -2.97. The molecule has 2 heterocycles. The third kappa shape index (κ3) is 4.26. The highest BCUT2D eigenvalue weighted by molar-refractivity contribution is 5.97. The number of hydrogen-bond acceptors (Lipinski definition) is 5. The second kappa shape index (κ2) is 8.28. The zero-order valence-corrected chi connectivity index (χ0v) is 16.8. The van der Waals surface area contributed by atoms with Crippen molar-refractivity contribution < 1.29 is 28.2 Å². The lowest BCUT2D eigenvalue weighted by molar-refractivity contribution is -0.123. The summed E-state index contributed by atoms with van der Waals surface area (Å²) in [6.45, 7) is 0.656. The molecule has 2 aromatic rings. The van der Waals surface area contributed by atoms with Crippen molar-refractivity contribution >= 4 is 11.8 Å². The maximum Gasteiger partial charge on any atom is 0.255 e. The van der Waals surface area contributed by atoms with Gasteiger partial charge in [0.25, 0.3) is 5.91 Å². The molecule has 8 heteroatoms. The monoisotopic (exact) mass is 426 g/mol. The Balaban J connectivity index is 1.24. The quantitative estimate of drug-likeness (QED) is 0.741. The maximum absolute atomic E-state index is 13.5. The van der Waals surface area contributed by atoms with Crippen LogP contribution in [-0.2, 0) is 14.3 Å². The number of halogens is 1. The maximum atomic E-state index is 13.5. The fourth-order valence-corrected chi connectivity index (χ4v) is 4.04. The van der Waals surface area contributed by atoms with Crippen LogP contribution in [-0.4, -0.2) is 49.3 Å². The molecular weight excluding hydrogens is 403 g/mol. The molecule has 5 rings (SSSR count). The van der Waals surface area contributed by atoms with E-state index in [2.05, 4.69) is 10.6 Å². The van der Waals surface area contributed by atoms with Gasteiger partial charge >= 0.3 is 0 Å². The van der Waals surface area contributed by atoms with Crippen LogP contribution in [0.3, 0.4) is 0 Å². The molecule has 2 saturated heterocycles. The Morgan fingerprint density at radius 2 is 1.65 bits per heavy atom. The van der Waals surface area contributed by atoms with E-state index in [0.717, 1.165) is 12.8 Å². The summed E-state index contributed by atoms with van der Waals surface area (Å²) in [5, 5.41) is 5.96. The minimum absolute atomic E-state index is 0.0498. The predicted octanol–water partition coefficient (Wildman–Crippen LogP) is 2.41. The van der Waals surface area contributed by atoms with Crippen LogP contribution < -0.4 is 15.4 Å². The van der Waals surface area contributed by atoms with Gasteiger partial charge in [-0.25, -0.2) is 4.39 Å². The van der Waals surface area contributed by atoms with Crippen molar-refractivity contribution in [2.24, 2.45) is 5.92 Å². The molecule has 0 radical (unpaired) electrons. The molecule has 0 bridgehead atoms. The van der Waals surface area contributed by atoms with Crippen LogP contribution in [0.2, 0.25) is 0 Å². The van der Waals surface area contributed by atoms with Gasteiger partial charge in [0.05, 0.1) is 30.9 Å². The summed E-state index contributed by atoms with van der Waals surface area (Å²) in [6.07, 6.45) is 1.26. The average molecular weight is 426 g/mol. The Labute approximate surface area is 178 Å². The molecule has 2 aliphatic heterocycles. The lowest BCUT2D eigenvalue weighted by Gasteiger charge is -2.19. The van der Waals surface area contributed by atoms with E-state index in [4.69, 9.17) is 14.2 Å². The van der Waals surface area contributed by atoms with Crippen molar-refractivity contribution in [2.75, 3.05) is 13.2 Å². The zero-order valence-electron chi connectivity index (χ0n) is 16.8. The topological polar surface area (TPSA) is 85.9 Å². The molecule has 162 valence electrons. The molecule has 2 amide bonds. The second-order valence-corrected chi connectivity index (χ2v) is 8.12. The van der Waals surface area contributed by atoms with Crippen molar-refractivity contribution in [3.63, 3.8) is 0 Å². The van der Waals surface area contributed by atoms with E-state index in [-0.39, 0.29) is 42.0 Å². The van der Waals surface area contributed by atoms with Crippen LogP contribution in [0.5, 0.6) is 11.5 Å². The first-order valence-corrected chi connectivity index (χ1v) is 10.5. The number of fused-ring (bicyclic) bond motifs is 1. The van der Waals surface area contributed by atoms with Crippen LogP contribution >= 0.6 is 0 Å². The minimum atomic E-state index is -0.421. The highest BCUT2D eigenvalue weighted by Crippen LogP contribution is 2.32. The van der Waals surface area contributed by atoms with E-state index in [1.54, 1.807) is 36.4 Å². The molecule has 3 aliphatic rings. The normalized spacial score (nSPS) is 26.9. The molecule has 31 heavy (non-hydrogen) atoms. The van der Waals surface area contributed by atoms with Gasteiger partial charge in [0.1, 0.15) is 29.5 Å². The molecule has 4 atom stereocenters. The van der Waals surface area contributed by atoms with Gasteiger partial charge in [0, 0.05) is 12.0 Å². The van der Waals surface area contributed by atoms with Crippen molar-refractivity contribution in [3.05, 3.63) is 59.9 Å². The number of amides is 2. The van der Waals surface area contributed by atoms with Crippen LogP contribution in [0.15, 0.2) is 48.5 Å². The standard InChI is InChI=1S/C23H23FN2O5/c24-14-4-3-5-15(10-14)31-19-7-2-1-6-16(19)23(28)26-18-12-30-20-17(11-29-21(18)20)25-22(27)13-8-9-13/h1-7,10,13,17-18,20-21H,8-9,11-12H2,(H,25,27)(H,26,28)/t17-,18?,20+,21+/m0/s1. The zero-order chi connectivity index (χ0) is 21.4. The number of benzene rings is 2. The first-order chi connectivity index (χ1) is 15.1. The second-order valence-electron chi connectivity index (χ2n) is 8.12. The lowest BCUT2D eigenvalue weighted by atomic mass is 10.1. The smallest absolute Gasteiger partial charge is 0.255 e. The van der Waals surface area contributed by atoms with Crippen LogP contribution in [0, 0.1) is 11.7 Å². The van der Waals surface area contributed by atoms with Gasteiger partial charge in [-0.1, -0.05) is 18.2 Å². The summed E-state index contributed by atoms with van der Waals surface area (Å²) < 4.78 is 30.9. The van der Waals surface area contributed by atoms with Gasteiger partial charge in [0.15, 0.2) is 0 Å². The number of nitrogens with one attached hydrogen (secondary N) is 2. The minimum Gasteiger partial charge on any atom is -0.456 e. The molecule has 0 aromatic heterocycles. The summed E-state index contributed by atoms with van der Waals surface area (Å²) in [5.41, 5.74) is 0.326. The number of rotatable bonds is 6. The SMILES string of the molecule is O=C(NC1CO[C@@H]2[C@@H](NC(=O)C3CC3)CO[C@H]12)c1ccccc1Oc1cccc(F)c1. The highest BCUT2D eigenvalue weighted by atomic mass is 19.1. The number of ether oxygens (including phenoxy) is 3. The fraction of sp³-hybridized carbons (Fsp3) is 0.391. The van der Waals surface area contributed by atoms with E-state index < -0.39 is 5.82 Å². The Kier molecular flexibility index (Phi) is 5.33. The predicted molar refractivity (Wildman–Crippen MR) is 108 cm³/mol. The fourth-order valence-electron chi connectivity index (χ4n) is 4.04. The lowest BCUT2D eigenvalue weighted by Crippen LogP contribution is -2.47. The first-order valence-electron chi connectivity index (χ1n) is 10.5. The molecule has 1 unspecified atom stereocenters. The summed E-state index contributed by atoms with van der Waals surface area (Å²) in [4.78, 5) is 25.1. The van der Waals surface area contributed by atoms with E-state index in [9.17, 15) is 14.0 Å². The molecule has 7 nitrogen and oxygen atoms in total. The molecular formula is C23H23FN2O5. The van der Waals surface area contributed by atoms with Crippen molar-refractivity contribution in [2.45, 2.75) is 37.1 Å². The van der Waals surface area contributed by atoms with Crippen LogP contribution in [0.25, 0.3) is 0 Å². The van der Waals surface area contributed by atoms with Gasteiger partial charge in [-0.15, -0.1) is 0 Å². The van der Waals surface area contributed by atoms with Gasteiger partial charge in [0.2, 0.25) is 5.91 Å². The summed E-state index contributed by atoms with van der Waals surface area (Å²) in [5.74, 6) is 0.0331. The van der Waals surface area contributed by atoms with Crippen molar-refractivity contribution in [1.29, 1.82) is 0 Å². The van der Waals surface area contributed by atoms with E-state index in [1.165, 1.54) is 12.1 Å². The largest absolute Gasteiger partial charge is 0.456 e. The van der Waals surface area contributed by atoms with Gasteiger partial charge in [-0.2, -0.15) is 0 Å². The number of para-hydroxylation sites is 1. The van der Waals surface area contributed by atoms with Gasteiger partial charge < -0.3 is 24.8 Å². The van der Waals surface area contributed by atoms with E-state index >= 15 is 0 Å². The Morgan fingerprint density at radius 3 is 2.35 bits per heavy atom. The molecule has 2 aromatic carbocycles. The summed E-state index contributed by atoms with van der Waals surface area (Å²) >= 11 is 0. The molecule has 1 saturated carbocycles. The van der Waals surface area contributed by atoms with Crippen molar-refractivity contribution in [3.8, 4) is 11.5 Å². The number of hydrogen-bond donors (Lipinski definition) is 2. The van der Waals surface area contributed by atoms with Crippen LogP contribution in [0.1, 0.15) is 23.2 Å².